The Morgan fingerprint density at radius 2 is 2.00 bits per heavy atom. The first-order valence-corrected chi connectivity index (χ1v) is 3.21. The van der Waals surface area contributed by atoms with Gasteiger partial charge in [0, 0.05) is 0 Å². The molecule has 0 fully saturated rings. The normalized spacial score (nSPS) is 17.1. The SMILES string of the molecule is CBC1=CC(=O)C=CC1=O. The third-order valence-electron chi connectivity index (χ3n) is 1.41. The molecule has 0 aromatic rings. The van der Waals surface area contributed by atoms with Crippen molar-refractivity contribution in [3.63, 3.8) is 0 Å². The van der Waals surface area contributed by atoms with Gasteiger partial charge < -0.3 is 0 Å². The Hall–Kier alpha value is -1.12. The Labute approximate surface area is 59.9 Å². The number of allylic oxidation sites excluding steroid dienone is 4. The van der Waals surface area contributed by atoms with Gasteiger partial charge >= 0.3 is 0 Å². The van der Waals surface area contributed by atoms with E-state index in [1.165, 1.54) is 18.2 Å². The molecule has 0 aliphatic heterocycles. The highest BCUT2D eigenvalue weighted by atomic mass is 16.1. The zero-order valence-electron chi connectivity index (χ0n) is 5.76. The second-order valence-corrected chi connectivity index (χ2v) is 2.12. The van der Waals surface area contributed by atoms with E-state index >= 15 is 0 Å². The lowest BCUT2D eigenvalue weighted by atomic mass is 9.69. The number of ketones is 2. The summed E-state index contributed by atoms with van der Waals surface area (Å²) in [5.41, 5.74) is 0.604. The predicted octanol–water partition coefficient (Wildman–Crippen LogP) is 0.0629. The van der Waals surface area contributed by atoms with E-state index in [9.17, 15) is 9.59 Å². The monoisotopic (exact) mass is 134 g/mol. The van der Waals surface area contributed by atoms with Crippen molar-refractivity contribution in [1.82, 2.24) is 0 Å². The van der Waals surface area contributed by atoms with Crippen LogP contribution < -0.4 is 0 Å². The van der Waals surface area contributed by atoms with E-state index in [1.54, 1.807) is 0 Å². The van der Waals surface area contributed by atoms with E-state index in [-0.39, 0.29) is 11.6 Å². The topological polar surface area (TPSA) is 34.1 Å². The van der Waals surface area contributed by atoms with Crippen LogP contribution in [0.25, 0.3) is 0 Å². The Kier molecular flexibility index (Phi) is 1.85. The van der Waals surface area contributed by atoms with Gasteiger partial charge in [0.05, 0.1) is 0 Å². The molecule has 0 aromatic heterocycles. The van der Waals surface area contributed by atoms with Gasteiger partial charge in [0.2, 0.25) is 0 Å². The molecule has 0 atom stereocenters. The lowest BCUT2D eigenvalue weighted by Gasteiger charge is -2.00. The second-order valence-electron chi connectivity index (χ2n) is 2.12. The lowest BCUT2D eigenvalue weighted by molar-refractivity contribution is -0.114. The molecule has 10 heavy (non-hydrogen) atoms. The van der Waals surface area contributed by atoms with Crippen LogP contribution in [0.4, 0.5) is 0 Å². The second kappa shape index (κ2) is 2.65. The molecular formula is C7H7BO2. The van der Waals surface area contributed by atoms with Crippen LogP contribution in [-0.2, 0) is 9.59 Å². The summed E-state index contributed by atoms with van der Waals surface area (Å²) in [5.74, 6) is -0.126. The zero-order chi connectivity index (χ0) is 7.56. The van der Waals surface area contributed by atoms with Gasteiger partial charge in [0.1, 0.15) is 0 Å². The summed E-state index contributed by atoms with van der Waals surface area (Å²) in [6.07, 6.45) is 4.00. The minimum absolute atomic E-state index is 0.0397. The van der Waals surface area contributed by atoms with Crippen molar-refractivity contribution in [3.05, 3.63) is 23.7 Å². The first kappa shape index (κ1) is 7.00. The fourth-order valence-electron chi connectivity index (χ4n) is 0.832. The predicted molar refractivity (Wildman–Crippen MR) is 40.3 cm³/mol. The number of rotatable bonds is 1. The van der Waals surface area contributed by atoms with Gasteiger partial charge in [-0.25, -0.2) is 0 Å². The zero-order valence-corrected chi connectivity index (χ0v) is 5.76. The van der Waals surface area contributed by atoms with Crippen molar-refractivity contribution in [2.45, 2.75) is 6.82 Å². The number of hydrogen-bond acceptors (Lipinski definition) is 2. The summed E-state index contributed by atoms with van der Waals surface area (Å²) < 4.78 is 0. The number of hydrogen-bond donors (Lipinski definition) is 0. The highest BCUT2D eigenvalue weighted by Gasteiger charge is 2.10. The molecule has 0 saturated heterocycles. The van der Waals surface area contributed by atoms with Crippen molar-refractivity contribution >= 4 is 18.8 Å². The molecule has 1 aliphatic rings. The third-order valence-corrected chi connectivity index (χ3v) is 1.41. The Morgan fingerprint density at radius 1 is 1.30 bits per heavy atom. The minimum Gasteiger partial charge on any atom is -0.291 e. The Morgan fingerprint density at radius 3 is 2.50 bits per heavy atom. The van der Waals surface area contributed by atoms with Gasteiger partial charge in [-0.3, -0.25) is 9.59 Å². The molecule has 50 valence electrons. The third kappa shape index (κ3) is 1.24. The van der Waals surface area contributed by atoms with Crippen molar-refractivity contribution in [2.75, 3.05) is 0 Å². The van der Waals surface area contributed by atoms with E-state index in [0.29, 0.717) is 12.8 Å². The molecule has 1 aliphatic carbocycles. The van der Waals surface area contributed by atoms with E-state index in [4.69, 9.17) is 0 Å². The molecule has 0 heterocycles. The Bertz CT molecular complexity index is 238. The van der Waals surface area contributed by atoms with Crippen molar-refractivity contribution in [2.24, 2.45) is 0 Å². The molecule has 0 N–H and O–H groups in total. The lowest BCUT2D eigenvalue weighted by Crippen LogP contribution is -2.10. The number of carbonyl (C=O) groups excluding carboxylic acids is 2. The minimum atomic E-state index is -0.0866. The summed E-state index contributed by atoms with van der Waals surface area (Å²) in [4.78, 5) is 21.5. The van der Waals surface area contributed by atoms with Gasteiger partial charge in [-0.1, -0.05) is 6.82 Å². The van der Waals surface area contributed by atoms with Crippen LogP contribution in [0.3, 0.4) is 0 Å². The van der Waals surface area contributed by atoms with Crippen molar-refractivity contribution < 1.29 is 9.59 Å². The smallest absolute Gasteiger partial charge is 0.178 e. The summed E-state index contributed by atoms with van der Waals surface area (Å²) in [5, 5.41) is 0. The van der Waals surface area contributed by atoms with Gasteiger partial charge in [0.15, 0.2) is 18.8 Å². The first-order valence-electron chi connectivity index (χ1n) is 3.21. The highest BCUT2D eigenvalue weighted by Crippen LogP contribution is 2.02. The molecule has 0 unspecified atom stereocenters. The molecule has 2 nitrogen and oxygen atoms in total. The summed E-state index contributed by atoms with van der Waals surface area (Å²) in [6.45, 7) is 1.86. The van der Waals surface area contributed by atoms with E-state index in [1.807, 2.05) is 6.82 Å². The maximum atomic E-state index is 10.9. The van der Waals surface area contributed by atoms with Gasteiger partial charge in [-0.15, -0.1) is 0 Å². The van der Waals surface area contributed by atoms with E-state index in [2.05, 4.69) is 0 Å². The van der Waals surface area contributed by atoms with Crippen LogP contribution in [0.15, 0.2) is 23.7 Å². The largest absolute Gasteiger partial charge is 0.291 e. The quantitative estimate of drug-likeness (QED) is 0.375. The molecule has 1 rings (SSSR count). The highest BCUT2D eigenvalue weighted by molar-refractivity contribution is 6.55. The molecule has 0 amide bonds. The molecule has 3 heteroatoms. The van der Waals surface area contributed by atoms with Crippen LogP contribution in [0, 0.1) is 0 Å². The maximum absolute atomic E-state index is 10.9. The molecule has 0 aromatic carbocycles. The van der Waals surface area contributed by atoms with Crippen LogP contribution in [0.2, 0.25) is 6.82 Å². The van der Waals surface area contributed by atoms with Gasteiger partial charge in [-0.2, -0.15) is 0 Å². The van der Waals surface area contributed by atoms with Gasteiger partial charge in [0.25, 0.3) is 0 Å². The molecule has 0 bridgehead atoms. The Balaban J connectivity index is 2.89. The average Bonchev–Trinajstić information content (AvgIpc) is 1.94. The van der Waals surface area contributed by atoms with Crippen LogP contribution in [0.5, 0.6) is 0 Å². The van der Waals surface area contributed by atoms with Gasteiger partial charge in [-0.05, 0) is 23.7 Å². The molecule has 0 radical (unpaired) electrons. The standard InChI is InChI=1S/C7H7BO2/c1-8-6-4-5(9)2-3-7(6)10/h2-4,8H,1H3. The average molecular weight is 134 g/mol. The summed E-state index contributed by atoms with van der Waals surface area (Å²) in [6, 6.07) is 0. The van der Waals surface area contributed by atoms with E-state index < -0.39 is 0 Å². The maximum Gasteiger partial charge on any atom is 0.178 e. The number of carbonyl (C=O) groups is 2. The van der Waals surface area contributed by atoms with E-state index in [0.717, 1.165) is 0 Å². The van der Waals surface area contributed by atoms with Crippen molar-refractivity contribution in [1.29, 1.82) is 0 Å². The fourth-order valence-corrected chi connectivity index (χ4v) is 0.832. The molecule has 0 spiro atoms. The summed E-state index contributed by atoms with van der Waals surface area (Å²) >= 11 is 0. The summed E-state index contributed by atoms with van der Waals surface area (Å²) in [7, 11) is 0.634. The van der Waals surface area contributed by atoms with Crippen molar-refractivity contribution in [3.8, 4) is 0 Å². The van der Waals surface area contributed by atoms with Crippen LogP contribution >= 0.6 is 0 Å². The van der Waals surface area contributed by atoms with Crippen LogP contribution in [0.1, 0.15) is 0 Å². The first-order chi connectivity index (χ1) is 4.74. The van der Waals surface area contributed by atoms with Crippen LogP contribution in [-0.4, -0.2) is 18.8 Å². The molecule has 0 saturated carbocycles. The fraction of sp³-hybridized carbons (Fsp3) is 0.143. The molecular weight excluding hydrogens is 127 g/mol.